The largest absolute Gasteiger partial charge is 0.497 e. The number of methoxy groups -OCH3 is 1. The number of rotatable bonds is 7. The smallest absolute Gasteiger partial charge is 0.119 e. The van der Waals surface area contributed by atoms with E-state index in [0.29, 0.717) is 6.61 Å². The molecule has 1 unspecified atom stereocenters. The average Bonchev–Trinajstić information content (AvgIpc) is 2.58. The Morgan fingerprint density at radius 3 is 2.39 bits per heavy atom. The fourth-order valence-electron chi connectivity index (χ4n) is 2.57. The lowest BCUT2D eigenvalue weighted by molar-refractivity contribution is 0.304. The van der Waals surface area contributed by atoms with Gasteiger partial charge in [-0.2, -0.15) is 5.26 Å². The van der Waals surface area contributed by atoms with Crippen LogP contribution in [0.25, 0.3) is 0 Å². The fraction of sp³-hybridized carbons (Fsp3) is 0.350. The van der Waals surface area contributed by atoms with Crippen molar-refractivity contribution in [1.82, 2.24) is 0 Å². The van der Waals surface area contributed by atoms with Crippen molar-refractivity contribution in [3.8, 4) is 17.6 Å². The van der Waals surface area contributed by atoms with Crippen LogP contribution in [0.5, 0.6) is 11.5 Å². The summed E-state index contributed by atoms with van der Waals surface area (Å²) in [6.45, 7) is 4.73. The van der Waals surface area contributed by atoms with Crippen LogP contribution in [0, 0.1) is 25.2 Å². The Kier molecular flexibility index (Phi) is 6.05. The fourth-order valence-corrected chi connectivity index (χ4v) is 2.57. The molecule has 0 radical (unpaired) electrons. The molecule has 3 nitrogen and oxygen atoms in total. The molecule has 0 aliphatic heterocycles. The third-order valence-corrected chi connectivity index (χ3v) is 3.93. The average molecular weight is 309 g/mol. The molecule has 0 heterocycles. The van der Waals surface area contributed by atoms with Crippen LogP contribution < -0.4 is 9.47 Å². The molecule has 120 valence electrons. The van der Waals surface area contributed by atoms with Crippen LogP contribution >= 0.6 is 0 Å². The maximum absolute atomic E-state index is 9.46. The van der Waals surface area contributed by atoms with Crippen LogP contribution in [-0.2, 0) is 0 Å². The van der Waals surface area contributed by atoms with Crippen molar-refractivity contribution < 1.29 is 9.47 Å². The van der Waals surface area contributed by atoms with Crippen molar-refractivity contribution in [1.29, 1.82) is 5.26 Å². The van der Waals surface area contributed by atoms with Crippen molar-refractivity contribution >= 4 is 0 Å². The van der Waals surface area contributed by atoms with Gasteiger partial charge in [0.2, 0.25) is 0 Å². The van der Waals surface area contributed by atoms with Crippen molar-refractivity contribution in [3.63, 3.8) is 0 Å². The molecule has 0 fully saturated rings. The van der Waals surface area contributed by atoms with E-state index in [1.165, 1.54) is 11.1 Å². The van der Waals surface area contributed by atoms with Crippen LogP contribution in [0.1, 0.15) is 35.4 Å². The maximum atomic E-state index is 9.46. The first kappa shape index (κ1) is 16.9. The van der Waals surface area contributed by atoms with Gasteiger partial charge in [-0.05, 0) is 62.1 Å². The minimum atomic E-state index is -0.0747. The molecular weight excluding hydrogens is 286 g/mol. The minimum Gasteiger partial charge on any atom is -0.497 e. The number of nitriles is 1. The topological polar surface area (TPSA) is 42.2 Å². The highest BCUT2D eigenvalue weighted by molar-refractivity contribution is 5.36. The van der Waals surface area contributed by atoms with E-state index in [1.807, 2.05) is 24.3 Å². The lowest BCUT2D eigenvalue weighted by atomic mass is 9.91. The normalized spacial score (nSPS) is 11.6. The lowest BCUT2D eigenvalue weighted by Gasteiger charge is -2.14. The number of hydrogen-bond acceptors (Lipinski definition) is 3. The molecule has 0 amide bonds. The van der Waals surface area contributed by atoms with Crippen molar-refractivity contribution in [3.05, 3.63) is 59.2 Å². The first-order valence-corrected chi connectivity index (χ1v) is 7.87. The lowest BCUT2D eigenvalue weighted by Crippen LogP contribution is -2.03. The summed E-state index contributed by atoms with van der Waals surface area (Å²) in [5.41, 5.74) is 3.51. The van der Waals surface area contributed by atoms with E-state index < -0.39 is 0 Å². The van der Waals surface area contributed by atoms with Crippen molar-refractivity contribution in [2.75, 3.05) is 13.7 Å². The zero-order valence-corrected chi connectivity index (χ0v) is 14.0. The standard InChI is InChI=1S/C20H23NO2/c1-15-6-7-16(2)20(13-15)17(14-21)5-4-12-23-19-10-8-18(22-3)9-11-19/h6-11,13,17H,4-5,12H2,1-3H3. The second-order valence-electron chi connectivity index (χ2n) is 5.71. The Hall–Kier alpha value is -2.47. The first-order valence-electron chi connectivity index (χ1n) is 7.87. The van der Waals surface area contributed by atoms with Crippen molar-refractivity contribution in [2.24, 2.45) is 0 Å². The number of aryl methyl sites for hydroxylation is 2. The highest BCUT2D eigenvalue weighted by Gasteiger charge is 2.13. The molecule has 0 aromatic heterocycles. The third kappa shape index (κ3) is 4.75. The monoisotopic (exact) mass is 309 g/mol. The highest BCUT2D eigenvalue weighted by atomic mass is 16.5. The minimum absolute atomic E-state index is 0.0747. The number of nitrogens with zero attached hydrogens (tertiary/aromatic N) is 1. The Bertz CT molecular complexity index is 671. The molecule has 2 aromatic rings. The van der Waals surface area contributed by atoms with E-state index in [2.05, 4.69) is 38.1 Å². The Balaban J connectivity index is 1.86. The van der Waals surface area contributed by atoms with Gasteiger partial charge in [0, 0.05) is 0 Å². The first-order chi connectivity index (χ1) is 11.1. The van der Waals surface area contributed by atoms with Crippen LogP contribution in [0.4, 0.5) is 0 Å². The van der Waals surface area contributed by atoms with Crippen LogP contribution in [0.15, 0.2) is 42.5 Å². The van der Waals surface area contributed by atoms with Gasteiger partial charge in [0.25, 0.3) is 0 Å². The van der Waals surface area contributed by atoms with Crippen LogP contribution in [0.3, 0.4) is 0 Å². The Labute approximate surface area is 138 Å². The molecule has 2 rings (SSSR count). The molecule has 23 heavy (non-hydrogen) atoms. The molecule has 0 saturated carbocycles. The maximum Gasteiger partial charge on any atom is 0.119 e. The summed E-state index contributed by atoms with van der Waals surface area (Å²) in [5.74, 6) is 1.57. The van der Waals surface area contributed by atoms with Gasteiger partial charge < -0.3 is 9.47 Å². The molecular formula is C20H23NO2. The summed E-state index contributed by atoms with van der Waals surface area (Å²) < 4.78 is 10.8. The zero-order valence-electron chi connectivity index (χ0n) is 14.0. The quantitative estimate of drug-likeness (QED) is 0.691. The molecule has 3 heteroatoms. The van der Waals surface area contributed by atoms with E-state index in [1.54, 1.807) is 7.11 Å². The molecule has 0 N–H and O–H groups in total. The van der Waals surface area contributed by atoms with Gasteiger partial charge >= 0.3 is 0 Å². The number of benzene rings is 2. The number of ether oxygens (including phenoxy) is 2. The van der Waals surface area contributed by atoms with Gasteiger partial charge in [-0.3, -0.25) is 0 Å². The van der Waals surface area contributed by atoms with Gasteiger partial charge in [0.1, 0.15) is 11.5 Å². The van der Waals surface area contributed by atoms with E-state index in [9.17, 15) is 5.26 Å². The molecule has 0 bridgehead atoms. The summed E-state index contributed by atoms with van der Waals surface area (Å²) in [6.07, 6.45) is 1.65. The molecule has 2 aromatic carbocycles. The molecule has 0 aliphatic carbocycles. The van der Waals surface area contributed by atoms with Gasteiger partial charge in [-0.25, -0.2) is 0 Å². The second-order valence-corrected chi connectivity index (χ2v) is 5.71. The van der Waals surface area contributed by atoms with Crippen LogP contribution in [0.2, 0.25) is 0 Å². The molecule has 0 spiro atoms. The van der Waals surface area contributed by atoms with Gasteiger partial charge in [-0.1, -0.05) is 23.8 Å². The van der Waals surface area contributed by atoms with Gasteiger partial charge in [0.15, 0.2) is 0 Å². The zero-order chi connectivity index (χ0) is 16.7. The Morgan fingerprint density at radius 2 is 1.74 bits per heavy atom. The molecule has 0 aliphatic rings. The van der Waals surface area contributed by atoms with Gasteiger partial charge in [0.05, 0.1) is 25.7 Å². The van der Waals surface area contributed by atoms with E-state index >= 15 is 0 Å². The number of hydrogen-bond donors (Lipinski definition) is 0. The summed E-state index contributed by atoms with van der Waals surface area (Å²) in [6, 6.07) is 16.3. The Morgan fingerprint density at radius 1 is 1.04 bits per heavy atom. The van der Waals surface area contributed by atoms with E-state index in [4.69, 9.17) is 9.47 Å². The van der Waals surface area contributed by atoms with Crippen LogP contribution in [-0.4, -0.2) is 13.7 Å². The SMILES string of the molecule is COc1ccc(OCCCC(C#N)c2cc(C)ccc2C)cc1. The second kappa shape index (κ2) is 8.24. The van der Waals surface area contributed by atoms with Crippen molar-refractivity contribution in [2.45, 2.75) is 32.6 Å². The third-order valence-electron chi connectivity index (χ3n) is 3.93. The van der Waals surface area contributed by atoms with E-state index in [-0.39, 0.29) is 5.92 Å². The predicted molar refractivity (Wildman–Crippen MR) is 92.0 cm³/mol. The molecule has 1 atom stereocenters. The summed E-state index contributed by atoms with van der Waals surface area (Å²) in [7, 11) is 1.64. The summed E-state index contributed by atoms with van der Waals surface area (Å²) in [4.78, 5) is 0. The van der Waals surface area contributed by atoms with E-state index in [0.717, 1.165) is 29.9 Å². The summed E-state index contributed by atoms with van der Waals surface area (Å²) in [5, 5.41) is 9.46. The molecule has 0 saturated heterocycles. The van der Waals surface area contributed by atoms with Gasteiger partial charge in [-0.15, -0.1) is 0 Å². The highest BCUT2D eigenvalue weighted by Crippen LogP contribution is 2.25. The summed E-state index contributed by atoms with van der Waals surface area (Å²) >= 11 is 0. The predicted octanol–water partition coefficient (Wildman–Crippen LogP) is 4.78.